The smallest absolute Gasteiger partial charge is 0.129 e. The van der Waals surface area contributed by atoms with E-state index >= 15 is 0 Å². The predicted molar refractivity (Wildman–Crippen MR) is 74.4 cm³/mol. The van der Waals surface area contributed by atoms with Crippen molar-refractivity contribution < 1.29 is 4.74 Å². The number of azo groups is 1. The summed E-state index contributed by atoms with van der Waals surface area (Å²) in [5.74, 6) is 0.838. The second-order valence-electron chi connectivity index (χ2n) is 4.64. The minimum atomic E-state index is 0.170. The van der Waals surface area contributed by atoms with E-state index in [4.69, 9.17) is 4.74 Å². The van der Waals surface area contributed by atoms with Gasteiger partial charge in [0.15, 0.2) is 0 Å². The van der Waals surface area contributed by atoms with Crippen molar-refractivity contribution in [2.45, 2.75) is 33.8 Å². The molecule has 5 heteroatoms. The van der Waals surface area contributed by atoms with Gasteiger partial charge in [-0.2, -0.15) is 10.2 Å². The van der Waals surface area contributed by atoms with Gasteiger partial charge < -0.3 is 4.74 Å². The van der Waals surface area contributed by atoms with E-state index in [1.807, 2.05) is 52.0 Å². The Labute approximate surface area is 112 Å². The van der Waals surface area contributed by atoms with Gasteiger partial charge in [0, 0.05) is 0 Å². The topological polar surface area (TPSA) is 62.6 Å². The Hall–Kier alpha value is -2.17. The van der Waals surface area contributed by atoms with Crippen molar-refractivity contribution in [3.63, 3.8) is 0 Å². The third kappa shape index (κ3) is 3.40. The summed E-state index contributed by atoms with van der Waals surface area (Å²) >= 11 is 0. The lowest BCUT2D eigenvalue weighted by Gasteiger charge is -2.08. The molecule has 0 aliphatic rings. The molecule has 0 aliphatic heterocycles. The first-order valence-electron chi connectivity index (χ1n) is 6.26. The van der Waals surface area contributed by atoms with Crippen LogP contribution in [-0.2, 0) is 0 Å². The molecule has 1 N–H and O–H groups in total. The number of nitrogens with one attached hydrogen (secondary N) is 1. The number of benzene rings is 1. The van der Waals surface area contributed by atoms with E-state index in [2.05, 4.69) is 20.4 Å². The number of aromatic amines is 1. The molecule has 0 atom stereocenters. The monoisotopic (exact) mass is 258 g/mol. The van der Waals surface area contributed by atoms with Gasteiger partial charge >= 0.3 is 0 Å². The average molecular weight is 258 g/mol. The third-order valence-corrected chi connectivity index (χ3v) is 2.56. The maximum absolute atomic E-state index is 5.57. The molecule has 0 unspecified atom stereocenters. The maximum Gasteiger partial charge on any atom is 0.129 e. The zero-order valence-corrected chi connectivity index (χ0v) is 11.6. The van der Waals surface area contributed by atoms with Gasteiger partial charge in [0.05, 0.1) is 23.2 Å². The highest BCUT2D eigenvalue weighted by molar-refractivity contribution is 5.46. The van der Waals surface area contributed by atoms with Crippen molar-refractivity contribution in [2.24, 2.45) is 10.2 Å². The van der Waals surface area contributed by atoms with Gasteiger partial charge in [-0.05, 0) is 52.0 Å². The van der Waals surface area contributed by atoms with Gasteiger partial charge in [-0.15, -0.1) is 5.11 Å². The lowest BCUT2D eigenvalue weighted by Crippen LogP contribution is -2.04. The van der Waals surface area contributed by atoms with Crippen LogP contribution in [0.2, 0.25) is 0 Å². The normalized spacial score (nSPS) is 11.4. The molecule has 5 nitrogen and oxygen atoms in total. The van der Waals surface area contributed by atoms with Crippen molar-refractivity contribution in [3.8, 4) is 5.75 Å². The highest BCUT2D eigenvalue weighted by Crippen LogP contribution is 2.24. The van der Waals surface area contributed by atoms with E-state index in [1.54, 1.807) is 0 Å². The fourth-order valence-corrected chi connectivity index (χ4v) is 1.66. The molecular formula is C14H18N4O. The second-order valence-corrected chi connectivity index (χ2v) is 4.64. The molecule has 0 aliphatic carbocycles. The van der Waals surface area contributed by atoms with Gasteiger partial charge in [0.25, 0.3) is 0 Å². The highest BCUT2D eigenvalue weighted by atomic mass is 16.5. The number of aromatic nitrogens is 2. The van der Waals surface area contributed by atoms with Crippen molar-refractivity contribution in [1.29, 1.82) is 0 Å². The zero-order chi connectivity index (χ0) is 13.8. The van der Waals surface area contributed by atoms with Crippen LogP contribution in [0.3, 0.4) is 0 Å². The van der Waals surface area contributed by atoms with Crippen LogP contribution >= 0.6 is 0 Å². The molecule has 0 spiro atoms. The second kappa shape index (κ2) is 5.65. The first kappa shape index (κ1) is 13.3. The van der Waals surface area contributed by atoms with Crippen molar-refractivity contribution >= 4 is 11.4 Å². The van der Waals surface area contributed by atoms with Crippen LogP contribution in [0, 0.1) is 13.8 Å². The Kier molecular flexibility index (Phi) is 3.94. The minimum Gasteiger partial charge on any atom is -0.491 e. The summed E-state index contributed by atoms with van der Waals surface area (Å²) in [6, 6.07) is 7.55. The van der Waals surface area contributed by atoms with E-state index in [-0.39, 0.29) is 6.10 Å². The van der Waals surface area contributed by atoms with Gasteiger partial charge in [0.1, 0.15) is 11.4 Å². The van der Waals surface area contributed by atoms with Crippen molar-refractivity contribution in [1.82, 2.24) is 10.2 Å². The first-order valence-corrected chi connectivity index (χ1v) is 6.26. The van der Waals surface area contributed by atoms with Crippen LogP contribution in [0.4, 0.5) is 11.4 Å². The molecule has 100 valence electrons. The molecule has 0 saturated heterocycles. The summed E-state index contributed by atoms with van der Waals surface area (Å²) in [7, 11) is 0. The molecule has 0 radical (unpaired) electrons. The van der Waals surface area contributed by atoms with E-state index < -0.39 is 0 Å². The molecule has 1 aromatic heterocycles. The Bertz CT molecular complexity index is 550. The number of nitrogens with zero attached hydrogens (tertiary/aromatic N) is 3. The standard InChI is InChI=1S/C14H18N4O/c1-9(2)19-13-7-5-12(6-8-13)17-18-14-10(3)15-16-11(14)4/h5-9H,1-4H3,(H,15,16). The SMILES string of the molecule is Cc1n[nH]c(C)c1N=Nc1ccc(OC(C)C)cc1. The van der Waals surface area contributed by atoms with Gasteiger partial charge in [-0.3, -0.25) is 5.10 Å². The number of hydrogen-bond acceptors (Lipinski definition) is 4. The Balaban J connectivity index is 2.11. The van der Waals surface area contributed by atoms with Crippen LogP contribution in [0.15, 0.2) is 34.5 Å². The van der Waals surface area contributed by atoms with E-state index in [0.717, 1.165) is 28.5 Å². The third-order valence-electron chi connectivity index (χ3n) is 2.56. The molecule has 1 aromatic carbocycles. The average Bonchev–Trinajstić information content (AvgIpc) is 2.68. The van der Waals surface area contributed by atoms with Gasteiger partial charge in [-0.25, -0.2) is 0 Å². The molecule has 2 aromatic rings. The molecule has 2 rings (SSSR count). The Morgan fingerprint density at radius 3 is 2.32 bits per heavy atom. The largest absolute Gasteiger partial charge is 0.491 e. The molecule has 0 fully saturated rings. The molecular weight excluding hydrogens is 240 g/mol. The highest BCUT2D eigenvalue weighted by Gasteiger charge is 2.04. The molecule has 1 heterocycles. The molecule has 19 heavy (non-hydrogen) atoms. The quantitative estimate of drug-likeness (QED) is 0.834. The van der Waals surface area contributed by atoms with Crippen LogP contribution < -0.4 is 4.74 Å². The van der Waals surface area contributed by atoms with Gasteiger partial charge in [-0.1, -0.05) is 0 Å². The Morgan fingerprint density at radius 1 is 1.11 bits per heavy atom. The fraction of sp³-hybridized carbons (Fsp3) is 0.357. The summed E-state index contributed by atoms with van der Waals surface area (Å²) in [6.45, 7) is 7.82. The molecule has 0 amide bonds. The fourth-order valence-electron chi connectivity index (χ4n) is 1.66. The van der Waals surface area contributed by atoms with E-state index in [1.165, 1.54) is 0 Å². The van der Waals surface area contributed by atoms with Crippen molar-refractivity contribution in [2.75, 3.05) is 0 Å². The predicted octanol–water partition coefficient (Wildman–Crippen LogP) is 4.23. The maximum atomic E-state index is 5.57. The van der Waals surface area contributed by atoms with Gasteiger partial charge in [0.2, 0.25) is 0 Å². The van der Waals surface area contributed by atoms with E-state index in [9.17, 15) is 0 Å². The summed E-state index contributed by atoms with van der Waals surface area (Å²) in [6.07, 6.45) is 0.170. The molecule has 0 saturated carbocycles. The first-order chi connectivity index (χ1) is 9.06. The summed E-state index contributed by atoms with van der Waals surface area (Å²) in [5, 5.41) is 15.4. The number of ether oxygens (including phenoxy) is 1. The number of rotatable bonds is 4. The summed E-state index contributed by atoms with van der Waals surface area (Å²) in [4.78, 5) is 0. The zero-order valence-electron chi connectivity index (χ0n) is 11.6. The lowest BCUT2D eigenvalue weighted by atomic mass is 10.3. The van der Waals surface area contributed by atoms with Crippen LogP contribution in [-0.4, -0.2) is 16.3 Å². The Morgan fingerprint density at radius 2 is 1.79 bits per heavy atom. The summed E-state index contributed by atoms with van der Waals surface area (Å²) < 4.78 is 5.57. The number of hydrogen-bond donors (Lipinski definition) is 1. The summed E-state index contributed by atoms with van der Waals surface area (Å²) in [5.41, 5.74) is 3.35. The van der Waals surface area contributed by atoms with E-state index in [0.29, 0.717) is 0 Å². The van der Waals surface area contributed by atoms with Crippen LogP contribution in [0.25, 0.3) is 0 Å². The van der Waals surface area contributed by atoms with Crippen LogP contribution in [0.5, 0.6) is 5.75 Å². The van der Waals surface area contributed by atoms with Crippen molar-refractivity contribution in [3.05, 3.63) is 35.7 Å². The number of aryl methyl sites for hydroxylation is 2. The molecule has 0 bridgehead atoms. The lowest BCUT2D eigenvalue weighted by molar-refractivity contribution is 0.242. The minimum absolute atomic E-state index is 0.170. The number of H-pyrrole nitrogens is 1. The van der Waals surface area contributed by atoms with Crippen LogP contribution in [0.1, 0.15) is 25.2 Å².